The summed E-state index contributed by atoms with van der Waals surface area (Å²) in [6.45, 7) is 2.77. The molecule has 0 unspecified atom stereocenters. The first-order valence-corrected chi connectivity index (χ1v) is 6.45. The zero-order valence-electron chi connectivity index (χ0n) is 9.95. The highest BCUT2D eigenvalue weighted by Gasteiger charge is 2.25. The molecule has 4 nitrogen and oxygen atoms in total. The van der Waals surface area contributed by atoms with E-state index in [0.717, 1.165) is 6.04 Å². The van der Waals surface area contributed by atoms with Gasteiger partial charge in [0.25, 0.3) is 6.47 Å². The van der Waals surface area contributed by atoms with Gasteiger partial charge in [0.1, 0.15) is 0 Å². The van der Waals surface area contributed by atoms with E-state index in [9.17, 15) is 0 Å². The van der Waals surface area contributed by atoms with Crippen molar-refractivity contribution in [2.24, 2.45) is 0 Å². The highest BCUT2D eigenvalue weighted by Crippen LogP contribution is 2.16. The second-order valence-electron chi connectivity index (χ2n) is 4.75. The summed E-state index contributed by atoms with van der Waals surface area (Å²) in [7, 11) is 0. The lowest BCUT2D eigenvalue weighted by Crippen LogP contribution is -3.16. The minimum atomic E-state index is -0.181. The average Bonchev–Trinajstić information content (AvgIpc) is 2.41. The number of carbonyl (C=O) groups excluding carboxylic acids is 1. The number of carbonyl (C=O) groups is 1. The van der Waals surface area contributed by atoms with Crippen LogP contribution in [0.5, 0.6) is 0 Å². The molecule has 0 bridgehead atoms. The van der Waals surface area contributed by atoms with Crippen LogP contribution in [0.25, 0.3) is 0 Å². The van der Waals surface area contributed by atoms with Crippen LogP contribution < -0.4 is 10.2 Å². The fraction of sp³-hybridized carbons (Fsp3) is 0.923. The topological polar surface area (TPSA) is 53.8 Å². The van der Waals surface area contributed by atoms with Crippen LogP contribution in [0.4, 0.5) is 0 Å². The molecule has 1 N–H and O–H groups in total. The molecule has 0 aromatic carbocycles. The van der Waals surface area contributed by atoms with Gasteiger partial charge in [0, 0.05) is 0 Å². The molecular formula is C13H27NO3. The van der Waals surface area contributed by atoms with Crippen LogP contribution in [0, 0.1) is 0 Å². The molecule has 1 aliphatic heterocycles. The third-order valence-electron chi connectivity index (χ3n) is 3.72. The Morgan fingerprint density at radius 2 is 1.47 bits per heavy atom. The molecule has 4 heteroatoms. The molecule has 17 heavy (non-hydrogen) atoms. The molecule has 0 amide bonds. The predicted molar refractivity (Wildman–Crippen MR) is 65.3 cm³/mol. The molecular weight excluding hydrogens is 218 g/mol. The highest BCUT2D eigenvalue weighted by molar-refractivity contribution is 5.35. The highest BCUT2D eigenvalue weighted by atomic mass is 17.1. The normalized spacial score (nSPS) is 21.7. The van der Waals surface area contributed by atoms with Gasteiger partial charge in [-0.1, -0.05) is 13.8 Å². The molecule has 102 valence electrons. The Morgan fingerprint density at radius 1 is 1.00 bits per heavy atom. The minimum Gasteiger partial charge on any atom is -0.662 e. The second-order valence-corrected chi connectivity index (χ2v) is 4.75. The van der Waals surface area contributed by atoms with Crippen molar-refractivity contribution in [3.63, 3.8) is 0 Å². The first-order chi connectivity index (χ1) is 7.88. The van der Waals surface area contributed by atoms with Gasteiger partial charge in [-0.05, 0) is 44.9 Å². The maximum Gasteiger partial charge on any atom is 0.287 e. The first kappa shape index (κ1) is 16.4. The van der Waals surface area contributed by atoms with Gasteiger partial charge in [0.2, 0.25) is 0 Å². The molecule has 1 saturated carbocycles. The van der Waals surface area contributed by atoms with Crippen LogP contribution >= 0.6 is 0 Å². The maximum absolute atomic E-state index is 8.64. The molecule has 0 atom stereocenters. The van der Waals surface area contributed by atoms with Crippen LogP contribution in [0.15, 0.2) is 0 Å². The van der Waals surface area contributed by atoms with Crippen molar-refractivity contribution in [3.05, 3.63) is 0 Å². The zero-order chi connectivity index (χ0) is 11.6. The Balaban J connectivity index is 0.000000453. The summed E-state index contributed by atoms with van der Waals surface area (Å²) in [5.41, 5.74) is 0. The summed E-state index contributed by atoms with van der Waals surface area (Å²) in [5, 5.41) is 8.43. The van der Waals surface area contributed by atoms with Gasteiger partial charge in [-0.2, -0.15) is 0 Å². The Bertz CT molecular complexity index is 160. The summed E-state index contributed by atoms with van der Waals surface area (Å²) in [4.78, 5) is 13.2. The van der Waals surface area contributed by atoms with Crippen molar-refractivity contribution in [2.45, 2.75) is 64.8 Å². The number of rotatable bonds is 2. The molecule has 2 fully saturated rings. The number of hydrogen-bond donors (Lipinski definition) is 1. The summed E-state index contributed by atoms with van der Waals surface area (Å²) >= 11 is 0. The summed E-state index contributed by atoms with van der Waals surface area (Å²) in [5.74, 6) is 0. The van der Waals surface area contributed by atoms with E-state index in [0.29, 0.717) is 0 Å². The number of likely N-dealkylation sites (tertiary alicyclic amines) is 1. The van der Waals surface area contributed by atoms with Crippen molar-refractivity contribution in [2.75, 3.05) is 13.1 Å². The Morgan fingerprint density at radius 3 is 1.94 bits per heavy atom. The van der Waals surface area contributed by atoms with E-state index in [1.807, 2.05) is 4.90 Å². The van der Waals surface area contributed by atoms with Gasteiger partial charge in [-0.15, -0.1) is 0 Å². The molecule has 1 saturated heterocycles. The average molecular weight is 245 g/mol. The molecule has 0 spiro atoms. The number of quaternary nitrogens is 1. The molecule has 2 rings (SSSR count). The van der Waals surface area contributed by atoms with Gasteiger partial charge >= 0.3 is 0 Å². The lowest BCUT2D eigenvalue weighted by Gasteiger charge is -2.33. The van der Waals surface area contributed by atoms with Crippen molar-refractivity contribution >= 4 is 6.47 Å². The Labute approximate surface area is 105 Å². The fourth-order valence-electron chi connectivity index (χ4n) is 2.92. The van der Waals surface area contributed by atoms with E-state index in [4.69, 9.17) is 10.1 Å². The number of piperidine rings is 1. The van der Waals surface area contributed by atoms with Gasteiger partial charge in [0.15, 0.2) is 0 Å². The molecule has 1 heterocycles. The van der Waals surface area contributed by atoms with Crippen LogP contribution in [0.3, 0.4) is 0 Å². The van der Waals surface area contributed by atoms with E-state index in [2.05, 4.69) is 4.89 Å². The molecule has 0 aromatic rings. The van der Waals surface area contributed by atoms with E-state index < -0.39 is 0 Å². The Hall–Kier alpha value is -0.610. The first-order valence-electron chi connectivity index (χ1n) is 6.45. The van der Waals surface area contributed by atoms with Crippen molar-refractivity contribution in [1.82, 2.24) is 0 Å². The fourth-order valence-corrected chi connectivity index (χ4v) is 2.92. The standard InChI is InChI=1S/C11H21N.CH2O3.CH4/c1-3-7-11(8-4-1)12-9-5-2-6-10-12;2-1-4-3;/h11H,1-10H2;1,3H;1H4. The van der Waals surface area contributed by atoms with Crippen molar-refractivity contribution in [3.8, 4) is 0 Å². The van der Waals surface area contributed by atoms with Crippen molar-refractivity contribution in [1.29, 1.82) is 0 Å². The molecule has 1 aliphatic carbocycles. The van der Waals surface area contributed by atoms with Crippen molar-refractivity contribution < 1.29 is 19.8 Å². The second kappa shape index (κ2) is 10.5. The largest absolute Gasteiger partial charge is 0.662 e. The summed E-state index contributed by atoms with van der Waals surface area (Å²) in [6.07, 6.45) is 12.0. The van der Waals surface area contributed by atoms with Gasteiger partial charge in [0.05, 0.1) is 19.1 Å². The summed E-state index contributed by atoms with van der Waals surface area (Å²) < 4.78 is 0. The van der Waals surface area contributed by atoms with Gasteiger partial charge in [-0.25, -0.2) is 0 Å². The van der Waals surface area contributed by atoms with E-state index in [1.54, 1.807) is 0 Å². The zero-order valence-corrected chi connectivity index (χ0v) is 9.95. The smallest absolute Gasteiger partial charge is 0.287 e. The third-order valence-corrected chi connectivity index (χ3v) is 3.72. The minimum absolute atomic E-state index is 0. The monoisotopic (exact) mass is 245 g/mol. The quantitative estimate of drug-likeness (QED) is 0.437. The molecule has 2 aliphatic rings. The van der Waals surface area contributed by atoms with E-state index >= 15 is 0 Å². The van der Waals surface area contributed by atoms with Gasteiger partial charge < -0.3 is 15.0 Å². The van der Waals surface area contributed by atoms with Crippen LogP contribution in [0.1, 0.15) is 58.8 Å². The SMILES string of the molecule is C.C1CCC([NH+]2CCCCC2)CC1.O=CO[O-]. The lowest BCUT2D eigenvalue weighted by molar-refractivity contribution is -0.931. The van der Waals surface area contributed by atoms with Crippen LogP contribution in [0.2, 0.25) is 0 Å². The van der Waals surface area contributed by atoms with E-state index in [1.165, 1.54) is 64.5 Å². The van der Waals surface area contributed by atoms with Crippen LogP contribution in [-0.2, 0) is 9.68 Å². The molecule has 0 aromatic heterocycles. The lowest BCUT2D eigenvalue weighted by atomic mass is 9.93. The van der Waals surface area contributed by atoms with Gasteiger partial charge in [-0.3, -0.25) is 4.79 Å². The Kier molecular flexibility index (Phi) is 10.2. The van der Waals surface area contributed by atoms with Crippen LogP contribution in [-0.4, -0.2) is 25.6 Å². The predicted octanol–water partition coefficient (Wildman–Crippen LogP) is 0.459. The third kappa shape index (κ3) is 6.64. The van der Waals surface area contributed by atoms with E-state index in [-0.39, 0.29) is 13.9 Å². The maximum atomic E-state index is 8.64. The number of hydrogen-bond acceptors (Lipinski definition) is 3. The molecule has 0 radical (unpaired) electrons. The summed E-state index contributed by atoms with van der Waals surface area (Å²) in [6, 6.07) is 1.05. The number of nitrogens with one attached hydrogen (secondary N) is 1.